The van der Waals surface area contributed by atoms with Crippen molar-refractivity contribution in [1.29, 1.82) is 0 Å². The summed E-state index contributed by atoms with van der Waals surface area (Å²) in [7, 11) is 0. The van der Waals surface area contributed by atoms with Crippen LogP contribution in [0, 0.1) is 0 Å². The molecule has 0 aliphatic heterocycles. The van der Waals surface area contributed by atoms with E-state index in [4.69, 9.17) is 0 Å². The molecule has 1 aliphatic carbocycles. The molecule has 0 bridgehead atoms. The molecule has 0 aromatic heterocycles. The first-order valence-electron chi connectivity index (χ1n) is 5.64. The van der Waals surface area contributed by atoms with Crippen molar-refractivity contribution in [2.24, 2.45) is 0 Å². The van der Waals surface area contributed by atoms with Gasteiger partial charge in [-0.05, 0) is 57.6 Å². The van der Waals surface area contributed by atoms with Gasteiger partial charge in [0.1, 0.15) is 0 Å². The van der Waals surface area contributed by atoms with Crippen molar-refractivity contribution < 1.29 is 0 Å². The fourth-order valence-electron chi connectivity index (χ4n) is 1.84. The van der Waals surface area contributed by atoms with E-state index >= 15 is 0 Å². The second kappa shape index (κ2) is 5.19. The van der Waals surface area contributed by atoms with Crippen LogP contribution in [0.4, 0.5) is 0 Å². The highest BCUT2D eigenvalue weighted by Gasteiger charge is 2.06. The normalized spacial score (nSPS) is 19.5. The molecule has 0 amide bonds. The SMILES string of the molecule is C=C(C)/C(C)=C/C1=C(C)CCCCC1. The Hall–Kier alpha value is -0.780. The highest BCUT2D eigenvalue weighted by molar-refractivity contribution is 5.35. The van der Waals surface area contributed by atoms with Gasteiger partial charge in [-0.25, -0.2) is 0 Å². The van der Waals surface area contributed by atoms with Gasteiger partial charge in [0, 0.05) is 0 Å². The summed E-state index contributed by atoms with van der Waals surface area (Å²) in [6.45, 7) is 10.5. The van der Waals surface area contributed by atoms with Crippen molar-refractivity contribution in [3.8, 4) is 0 Å². The molecule has 0 spiro atoms. The standard InChI is InChI=1S/C14H22/c1-11(2)13(4)10-14-9-7-5-6-8-12(14)3/h10H,1,5-9H2,2-4H3/b13-10+. The smallest absolute Gasteiger partial charge is 0.0279 e. The van der Waals surface area contributed by atoms with Crippen LogP contribution in [0.2, 0.25) is 0 Å². The lowest BCUT2D eigenvalue weighted by Crippen LogP contribution is -1.86. The average molecular weight is 190 g/mol. The van der Waals surface area contributed by atoms with E-state index in [-0.39, 0.29) is 0 Å². The largest absolute Gasteiger partial charge is 0.0958 e. The third kappa shape index (κ3) is 3.17. The van der Waals surface area contributed by atoms with Crippen LogP contribution < -0.4 is 0 Å². The Kier molecular flexibility index (Phi) is 4.19. The molecule has 0 radical (unpaired) electrons. The molecular weight excluding hydrogens is 168 g/mol. The second-order valence-corrected chi connectivity index (χ2v) is 4.47. The molecule has 0 N–H and O–H groups in total. The van der Waals surface area contributed by atoms with E-state index in [0.717, 1.165) is 0 Å². The minimum Gasteiger partial charge on any atom is -0.0958 e. The molecule has 0 aromatic rings. The van der Waals surface area contributed by atoms with Crippen molar-refractivity contribution in [2.75, 3.05) is 0 Å². The topological polar surface area (TPSA) is 0 Å². The van der Waals surface area contributed by atoms with E-state index in [9.17, 15) is 0 Å². The van der Waals surface area contributed by atoms with Gasteiger partial charge in [-0.1, -0.05) is 30.2 Å². The Morgan fingerprint density at radius 1 is 1.14 bits per heavy atom. The zero-order valence-electron chi connectivity index (χ0n) is 9.82. The zero-order valence-corrected chi connectivity index (χ0v) is 9.82. The number of hydrogen-bond acceptors (Lipinski definition) is 0. The summed E-state index contributed by atoms with van der Waals surface area (Å²) in [5.41, 5.74) is 5.67. The fraction of sp³-hybridized carbons (Fsp3) is 0.571. The summed E-state index contributed by atoms with van der Waals surface area (Å²) in [5.74, 6) is 0. The van der Waals surface area contributed by atoms with Crippen molar-refractivity contribution in [3.63, 3.8) is 0 Å². The molecule has 14 heavy (non-hydrogen) atoms. The molecule has 0 aromatic carbocycles. The van der Waals surface area contributed by atoms with Crippen LogP contribution in [0.3, 0.4) is 0 Å². The number of allylic oxidation sites excluding steroid dienone is 5. The van der Waals surface area contributed by atoms with E-state index in [1.807, 2.05) is 0 Å². The second-order valence-electron chi connectivity index (χ2n) is 4.47. The van der Waals surface area contributed by atoms with Gasteiger partial charge in [-0.3, -0.25) is 0 Å². The van der Waals surface area contributed by atoms with Crippen LogP contribution in [0.15, 0.2) is 34.9 Å². The van der Waals surface area contributed by atoms with Crippen LogP contribution in [-0.4, -0.2) is 0 Å². The van der Waals surface area contributed by atoms with Gasteiger partial charge in [-0.15, -0.1) is 0 Å². The molecule has 1 rings (SSSR count). The first kappa shape index (κ1) is 11.3. The molecular formula is C14H22. The Labute approximate surface area is 88.4 Å². The van der Waals surface area contributed by atoms with Crippen molar-refractivity contribution in [1.82, 2.24) is 0 Å². The van der Waals surface area contributed by atoms with E-state index < -0.39 is 0 Å². The zero-order chi connectivity index (χ0) is 10.6. The summed E-state index contributed by atoms with van der Waals surface area (Å²) >= 11 is 0. The third-order valence-electron chi connectivity index (χ3n) is 3.11. The van der Waals surface area contributed by atoms with Crippen molar-refractivity contribution in [3.05, 3.63) is 34.9 Å². The maximum atomic E-state index is 3.98. The van der Waals surface area contributed by atoms with Crippen molar-refractivity contribution in [2.45, 2.75) is 52.9 Å². The van der Waals surface area contributed by atoms with Gasteiger partial charge >= 0.3 is 0 Å². The van der Waals surface area contributed by atoms with Crippen molar-refractivity contribution >= 4 is 0 Å². The Bertz CT molecular complexity index is 276. The Balaban J connectivity index is 2.83. The first-order chi connectivity index (χ1) is 6.61. The Morgan fingerprint density at radius 2 is 1.79 bits per heavy atom. The monoisotopic (exact) mass is 190 g/mol. The van der Waals surface area contributed by atoms with Crippen LogP contribution in [0.25, 0.3) is 0 Å². The fourth-order valence-corrected chi connectivity index (χ4v) is 1.84. The van der Waals surface area contributed by atoms with E-state index in [0.29, 0.717) is 0 Å². The molecule has 1 aliphatic rings. The molecule has 78 valence electrons. The predicted molar refractivity (Wildman–Crippen MR) is 64.4 cm³/mol. The number of hydrogen-bond donors (Lipinski definition) is 0. The predicted octanol–water partition coefficient (Wildman–Crippen LogP) is 4.79. The molecule has 0 nitrogen and oxygen atoms in total. The van der Waals surface area contributed by atoms with Gasteiger partial charge in [0.05, 0.1) is 0 Å². The van der Waals surface area contributed by atoms with Gasteiger partial charge in [0.25, 0.3) is 0 Å². The molecule has 0 unspecified atom stereocenters. The van der Waals surface area contributed by atoms with Gasteiger partial charge in [-0.2, -0.15) is 0 Å². The number of rotatable bonds is 2. The maximum Gasteiger partial charge on any atom is -0.0279 e. The minimum atomic E-state index is 1.19. The van der Waals surface area contributed by atoms with E-state index in [1.165, 1.54) is 43.3 Å². The highest BCUT2D eigenvalue weighted by Crippen LogP contribution is 2.25. The summed E-state index contributed by atoms with van der Waals surface area (Å²) in [6, 6.07) is 0. The molecule has 0 atom stereocenters. The maximum absolute atomic E-state index is 3.98. The van der Waals surface area contributed by atoms with Crippen LogP contribution in [0.5, 0.6) is 0 Å². The lowest BCUT2D eigenvalue weighted by atomic mass is 10.0. The first-order valence-corrected chi connectivity index (χ1v) is 5.64. The average Bonchev–Trinajstić information content (AvgIpc) is 2.32. The van der Waals surface area contributed by atoms with Crippen LogP contribution in [-0.2, 0) is 0 Å². The van der Waals surface area contributed by atoms with Crippen LogP contribution in [0.1, 0.15) is 52.9 Å². The third-order valence-corrected chi connectivity index (χ3v) is 3.11. The van der Waals surface area contributed by atoms with Gasteiger partial charge < -0.3 is 0 Å². The van der Waals surface area contributed by atoms with Gasteiger partial charge in [0.15, 0.2) is 0 Å². The van der Waals surface area contributed by atoms with Gasteiger partial charge in [0.2, 0.25) is 0 Å². The van der Waals surface area contributed by atoms with E-state index in [2.05, 4.69) is 33.4 Å². The Morgan fingerprint density at radius 3 is 2.43 bits per heavy atom. The summed E-state index contributed by atoms with van der Waals surface area (Å²) in [4.78, 5) is 0. The molecule has 0 saturated carbocycles. The minimum absolute atomic E-state index is 1.19. The lowest BCUT2D eigenvalue weighted by molar-refractivity contribution is 0.708. The van der Waals surface area contributed by atoms with E-state index in [1.54, 1.807) is 11.1 Å². The molecule has 0 heterocycles. The summed E-state index contributed by atoms with van der Waals surface area (Å²) in [5, 5.41) is 0. The van der Waals surface area contributed by atoms with Crippen LogP contribution >= 0.6 is 0 Å². The quantitative estimate of drug-likeness (QED) is 0.549. The molecule has 0 heteroatoms. The highest BCUT2D eigenvalue weighted by atomic mass is 14.1. The molecule has 0 fully saturated rings. The molecule has 0 saturated heterocycles. The lowest BCUT2D eigenvalue weighted by Gasteiger charge is -2.06. The summed E-state index contributed by atoms with van der Waals surface area (Å²) in [6.07, 6.45) is 9.00. The summed E-state index contributed by atoms with van der Waals surface area (Å²) < 4.78 is 0.